The molecule has 1 fully saturated rings. The third-order valence-corrected chi connectivity index (χ3v) is 7.90. The molecule has 0 saturated carbocycles. The van der Waals surface area contributed by atoms with E-state index in [4.69, 9.17) is 0 Å². The van der Waals surface area contributed by atoms with Crippen molar-refractivity contribution in [3.8, 4) is 11.1 Å². The third-order valence-electron chi connectivity index (χ3n) is 7.90. The number of likely N-dealkylation sites (tertiary alicyclic amines) is 1. The fourth-order valence-corrected chi connectivity index (χ4v) is 5.55. The zero-order valence-corrected chi connectivity index (χ0v) is 22.9. The minimum Gasteiger partial charge on any atom is -0.481 e. The topological polar surface area (TPSA) is 69.6 Å². The predicted molar refractivity (Wildman–Crippen MR) is 149 cm³/mol. The first-order valence-corrected chi connectivity index (χ1v) is 13.7. The maximum atomic E-state index is 13.4. The number of nitrogens with one attached hydrogen (secondary N) is 1. The normalized spacial score (nSPS) is 16.2. The van der Waals surface area contributed by atoms with Crippen LogP contribution in [0.25, 0.3) is 11.1 Å². The van der Waals surface area contributed by atoms with Crippen LogP contribution in [0.15, 0.2) is 72.8 Å². The first kappa shape index (κ1) is 30.2. The Morgan fingerprint density at radius 3 is 2.15 bits per heavy atom. The second-order valence-electron chi connectivity index (χ2n) is 11.0. The Hall–Kier alpha value is -3.72. The van der Waals surface area contributed by atoms with Gasteiger partial charge in [0.15, 0.2) is 0 Å². The lowest BCUT2D eigenvalue weighted by Crippen LogP contribution is -2.45. The van der Waals surface area contributed by atoms with Crippen molar-refractivity contribution in [3.63, 3.8) is 0 Å². The Morgan fingerprint density at radius 1 is 0.927 bits per heavy atom. The van der Waals surface area contributed by atoms with Gasteiger partial charge in [0, 0.05) is 30.1 Å². The molecule has 1 aliphatic heterocycles. The number of carbonyl (C=O) groups is 2. The first-order valence-electron chi connectivity index (χ1n) is 13.7. The van der Waals surface area contributed by atoms with Gasteiger partial charge in [-0.1, -0.05) is 49.4 Å². The summed E-state index contributed by atoms with van der Waals surface area (Å²) in [6, 6.07) is 17.7. The number of piperidine rings is 1. The number of aliphatic carboxylic acids is 1. The van der Waals surface area contributed by atoms with Crippen molar-refractivity contribution in [1.82, 2.24) is 10.2 Å². The van der Waals surface area contributed by atoms with E-state index in [-0.39, 0.29) is 24.2 Å². The zero-order valence-electron chi connectivity index (χ0n) is 22.9. The molecule has 1 unspecified atom stereocenters. The fraction of sp³-hybridized carbons (Fsp3) is 0.375. The molecule has 0 spiro atoms. The summed E-state index contributed by atoms with van der Waals surface area (Å²) in [5, 5.41) is 12.5. The fourth-order valence-electron chi connectivity index (χ4n) is 5.55. The standard InChI is InChI=1S/C32H34F4N2O3/c1-31(21-29(39)40,23-11-13-25(33)14-12-23)17-4-18-38-19-15-26(16-20-38)37-30(41)28-6-3-2-5-27(28)22-7-9-24(10-8-22)32(34,35)36/h2-3,5-14,26H,4,15-21H2,1H3,(H,37,41)(H,39,40). The van der Waals surface area contributed by atoms with Crippen LogP contribution in [-0.2, 0) is 16.4 Å². The largest absolute Gasteiger partial charge is 0.481 e. The molecular weight excluding hydrogens is 536 g/mol. The van der Waals surface area contributed by atoms with Crippen molar-refractivity contribution in [1.29, 1.82) is 0 Å². The van der Waals surface area contributed by atoms with Crippen LogP contribution >= 0.6 is 0 Å². The molecule has 1 saturated heterocycles. The van der Waals surface area contributed by atoms with Gasteiger partial charge in [-0.15, -0.1) is 0 Å². The molecule has 1 amide bonds. The van der Waals surface area contributed by atoms with E-state index < -0.39 is 23.1 Å². The number of alkyl halides is 3. The van der Waals surface area contributed by atoms with E-state index in [1.54, 1.807) is 36.4 Å². The van der Waals surface area contributed by atoms with E-state index in [0.717, 1.165) is 56.6 Å². The van der Waals surface area contributed by atoms with E-state index in [9.17, 15) is 32.3 Å². The van der Waals surface area contributed by atoms with Gasteiger partial charge < -0.3 is 15.3 Å². The molecule has 1 aliphatic rings. The van der Waals surface area contributed by atoms with Crippen molar-refractivity contribution in [2.24, 2.45) is 0 Å². The van der Waals surface area contributed by atoms with Gasteiger partial charge in [0.1, 0.15) is 5.82 Å². The summed E-state index contributed by atoms with van der Waals surface area (Å²) in [5.41, 5.74) is 0.979. The van der Waals surface area contributed by atoms with E-state index in [2.05, 4.69) is 10.2 Å². The molecule has 0 aromatic heterocycles. The molecule has 3 aromatic rings. The van der Waals surface area contributed by atoms with Crippen molar-refractivity contribution in [2.45, 2.75) is 56.7 Å². The SMILES string of the molecule is CC(CCCN1CCC(NC(=O)c2ccccc2-c2ccc(C(F)(F)F)cc2)CC1)(CC(=O)O)c1ccc(F)cc1. The molecule has 4 rings (SSSR count). The monoisotopic (exact) mass is 570 g/mol. The molecule has 2 N–H and O–H groups in total. The number of rotatable bonds is 10. The molecule has 218 valence electrons. The number of carboxylic acids is 1. The first-order chi connectivity index (χ1) is 19.4. The summed E-state index contributed by atoms with van der Waals surface area (Å²) in [7, 11) is 0. The Bertz CT molecular complexity index is 1330. The van der Waals surface area contributed by atoms with E-state index in [1.807, 2.05) is 6.92 Å². The maximum absolute atomic E-state index is 13.4. The molecule has 1 heterocycles. The number of hydrogen-bond donors (Lipinski definition) is 2. The summed E-state index contributed by atoms with van der Waals surface area (Å²) in [6.07, 6.45) is -1.55. The van der Waals surface area contributed by atoms with Crippen LogP contribution in [-0.4, -0.2) is 47.6 Å². The summed E-state index contributed by atoms with van der Waals surface area (Å²) >= 11 is 0. The number of halogens is 4. The second kappa shape index (κ2) is 12.9. The Labute approximate surface area is 237 Å². The highest BCUT2D eigenvalue weighted by Gasteiger charge is 2.31. The molecule has 0 bridgehead atoms. The molecule has 0 radical (unpaired) electrons. The Kier molecular flexibility index (Phi) is 9.48. The van der Waals surface area contributed by atoms with E-state index >= 15 is 0 Å². The summed E-state index contributed by atoms with van der Waals surface area (Å²) < 4.78 is 52.3. The van der Waals surface area contributed by atoms with Gasteiger partial charge in [-0.25, -0.2) is 4.39 Å². The van der Waals surface area contributed by atoms with Crippen molar-refractivity contribution < 1.29 is 32.3 Å². The highest BCUT2D eigenvalue weighted by atomic mass is 19.4. The number of hydrogen-bond acceptors (Lipinski definition) is 3. The van der Waals surface area contributed by atoms with Crippen LogP contribution < -0.4 is 5.32 Å². The summed E-state index contributed by atoms with van der Waals surface area (Å²) in [5.74, 6) is -1.51. The van der Waals surface area contributed by atoms with Gasteiger partial charge in [0.25, 0.3) is 5.91 Å². The van der Waals surface area contributed by atoms with Crippen LogP contribution in [0.1, 0.15) is 60.5 Å². The van der Waals surface area contributed by atoms with Gasteiger partial charge in [-0.2, -0.15) is 13.2 Å². The lowest BCUT2D eigenvalue weighted by atomic mass is 9.76. The van der Waals surface area contributed by atoms with Crippen LogP contribution in [0.5, 0.6) is 0 Å². The number of carboxylic acid groups (broad SMARTS) is 1. The van der Waals surface area contributed by atoms with Gasteiger partial charge >= 0.3 is 12.1 Å². The van der Waals surface area contributed by atoms with Gasteiger partial charge in [0.05, 0.1) is 12.0 Å². The smallest absolute Gasteiger partial charge is 0.416 e. The molecule has 9 heteroatoms. The van der Waals surface area contributed by atoms with Gasteiger partial charge in [0.2, 0.25) is 0 Å². The van der Waals surface area contributed by atoms with Crippen LogP contribution in [0.3, 0.4) is 0 Å². The number of nitrogens with zero attached hydrogens (tertiary/aromatic N) is 1. The third kappa shape index (κ3) is 7.94. The minimum absolute atomic E-state index is 0.0316. The van der Waals surface area contributed by atoms with Crippen LogP contribution in [0, 0.1) is 5.82 Å². The predicted octanol–water partition coefficient (Wildman–Crippen LogP) is 6.92. The lowest BCUT2D eigenvalue weighted by Gasteiger charge is -2.34. The van der Waals surface area contributed by atoms with Crippen molar-refractivity contribution in [3.05, 3.63) is 95.3 Å². The lowest BCUT2D eigenvalue weighted by molar-refractivity contribution is -0.139. The number of benzene rings is 3. The Morgan fingerprint density at radius 2 is 1.54 bits per heavy atom. The molecule has 3 aromatic carbocycles. The highest BCUT2D eigenvalue weighted by molar-refractivity contribution is 6.01. The molecule has 5 nitrogen and oxygen atoms in total. The zero-order chi connectivity index (χ0) is 29.6. The Balaban J connectivity index is 1.30. The number of amides is 1. The van der Waals surface area contributed by atoms with Crippen molar-refractivity contribution in [2.75, 3.05) is 19.6 Å². The molecule has 41 heavy (non-hydrogen) atoms. The minimum atomic E-state index is -4.43. The van der Waals surface area contributed by atoms with Crippen LogP contribution in [0.4, 0.5) is 17.6 Å². The summed E-state index contributed by atoms with van der Waals surface area (Å²) in [4.78, 5) is 27.0. The van der Waals surface area contributed by atoms with E-state index in [0.29, 0.717) is 23.1 Å². The molecule has 1 atom stereocenters. The quantitative estimate of drug-likeness (QED) is 0.260. The maximum Gasteiger partial charge on any atom is 0.416 e. The number of carbonyl (C=O) groups excluding carboxylic acids is 1. The van der Waals surface area contributed by atoms with Crippen LogP contribution in [0.2, 0.25) is 0 Å². The highest BCUT2D eigenvalue weighted by Crippen LogP contribution is 2.34. The molecular formula is C32H34F4N2O3. The molecule has 0 aliphatic carbocycles. The average molecular weight is 571 g/mol. The van der Waals surface area contributed by atoms with E-state index in [1.165, 1.54) is 24.3 Å². The van der Waals surface area contributed by atoms with Crippen molar-refractivity contribution >= 4 is 11.9 Å². The average Bonchev–Trinajstić information content (AvgIpc) is 2.93. The second-order valence-corrected chi connectivity index (χ2v) is 11.0. The van der Waals surface area contributed by atoms with Gasteiger partial charge in [-0.05, 0) is 79.3 Å². The summed E-state index contributed by atoms with van der Waals surface area (Å²) in [6.45, 7) is 4.24. The van der Waals surface area contributed by atoms with Gasteiger partial charge in [-0.3, -0.25) is 9.59 Å².